The Bertz CT molecular complexity index is 1120. The fourth-order valence-electron chi connectivity index (χ4n) is 4.07. The normalized spacial score (nSPS) is 10.4. The van der Waals surface area contributed by atoms with Gasteiger partial charge in [0.1, 0.15) is 12.4 Å². The first kappa shape index (κ1) is 26.0. The van der Waals surface area contributed by atoms with E-state index in [2.05, 4.69) is 66.5 Å². The Labute approximate surface area is 211 Å². The van der Waals surface area contributed by atoms with E-state index in [0.717, 1.165) is 29.8 Å². The van der Waals surface area contributed by atoms with Crippen molar-refractivity contribution in [2.75, 3.05) is 0 Å². The predicted molar refractivity (Wildman–Crippen MR) is 145 cm³/mol. The van der Waals surface area contributed by atoms with Gasteiger partial charge in [-0.15, -0.1) is 0 Å². The van der Waals surface area contributed by atoms with Crippen LogP contribution in [-0.2, 0) is 19.4 Å². The minimum atomic E-state index is -0.0163. The standard InChI is InChI=1S/C18H23N3.C13H11B/c1-2-3-4-5-7-16-8-6-9-17(14-16)15-18-20-11-13-21(18)12-10-19;14-13(11-7-3-1-4-8-11)12-9-5-2-6-10-12/h6,8-9,11,13-14H,2-5,7,12,15H2,1H3;1-10,13H. The number of nitriles is 1. The van der Waals surface area contributed by atoms with Gasteiger partial charge in [0.25, 0.3) is 0 Å². The molecule has 0 aliphatic heterocycles. The third kappa shape index (κ3) is 8.61. The molecule has 0 aliphatic rings. The van der Waals surface area contributed by atoms with Crippen molar-refractivity contribution in [1.82, 2.24) is 9.55 Å². The van der Waals surface area contributed by atoms with Crippen LogP contribution in [0.1, 0.15) is 66.5 Å². The number of imidazole rings is 1. The summed E-state index contributed by atoms with van der Waals surface area (Å²) in [5.41, 5.74) is 4.98. The van der Waals surface area contributed by atoms with E-state index in [-0.39, 0.29) is 5.82 Å². The molecule has 4 aromatic rings. The third-order valence-corrected chi connectivity index (χ3v) is 6.03. The number of aryl methyl sites for hydroxylation is 1. The highest BCUT2D eigenvalue weighted by Crippen LogP contribution is 2.20. The molecule has 35 heavy (non-hydrogen) atoms. The van der Waals surface area contributed by atoms with Crippen LogP contribution in [0.5, 0.6) is 0 Å². The highest BCUT2D eigenvalue weighted by atomic mass is 15.1. The van der Waals surface area contributed by atoms with Crippen molar-refractivity contribution in [1.29, 1.82) is 5.26 Å². The molecular formula is C31H34BN3. The van der Waals surface area contributed by atoms with Crippen LogP contribution in [0.25, 0.3) is 0 Å². The zero-order chi connectivity index (χ0) is 24.7. The van der Waals surface area contributed by atoms with E-state index >= 15 is 0 Å². The van der Waals surface area contributed by atoms with Gasteiger partial charge in [-0.3, -0.25) is 0 Å². The van der Waals surface area contributed by atoms with E-state index in [1.807, 2.05) is 47.2 Å². The van der Waals surface area contributed by atoms with Crippen molar-refractivity contribution in [3.05, 3.63) is 125 Å². The Hall–Kier alpha value is -3.58. The molecular weight excluding hydrogens is 425 g/mol. The van der Waals surface area contributed by atoms with Gasteiger partial charge in [0.15, 0.2) is 0 Å². The molecule has 2 radical (unpaired) electrons. The lowest BCUT2D eigenvalue weighted by molar-refractivity contribution is 0.666. The second-order valence-electron chi connectivity index (χ2n) is 8.74. The average molecular weight is 459 g/mol. The Balaban J connectivity index is 0.000000211. The van der Waals surface area contributed by atoms with Crippen molar-refractivity contribution in [3.8, 4) is 6.07 Å². The average Bonchev–Trinajstić information content (AvgIpc) is 3.34. The molecule has 1 aromatic heterocycles. The fourth-order valence-corrected chi connectivity index (χ4v) is 4.07. The lowest BCUT2D eigenvalue weighted by Crippen LogP contribution is -2.03. The molecule has 0 aliphatic carbocycles. The van der Waals surface area contributed by atoms with Crippen molar-refractivity contribution >= 4 is 7.85 Å². The monoisotopic (exact) mass is 459 g/mol. The fraction of sp³-hybridized carbons (Fsp3) is 0.290. The molecule has 0 bridgehead atoms. The number of hydrogen-bond donors (Lipinski definition) is 0. The maximum Gasteiger partial charge on any atom is 0.113 e. The lowest BCUT2D eigenvalue weighted by atomic mass is 9.76. The zero-order valence-electron chi connectivity index (χ0n) is 20.7. The summed E-state index contributed by atoms with van der Waals surface area (Å²) in [6.07, 6.45) is 10.8. The second-order valence-corrected chi connectivity index (χ2v) is 8.74. The number of unbranched alkanes of at least 4 members (excludes halogenated alkanes) is 3. The number of aromatic nitrogens is 2. The largest absolute Gasteiger partial charge is 0.321 e. The minimum absolute atomic E-state index is 0.0163. The quantitative estimate of drug-likeness (QED) is 0.188. The van der Waals surface area contributed by atoms with Crippen LogP contribution in [0.4, 0.5) is 0 Å². The lowest BCUT2D eigenvalue weighted by Gasteiger charge is -2.12. The van der Waals surface area contributed by atoms with Gasteiger partial charge in [-0.05, 0) is 40.9 Å². The molecule has 3 nitrogen and oxygen atoms in total. The van der Waals surface area contributed by atoms with Crippen LogP contribution in [0.15, 0.2) is 97.3 Å². The van der Waals surface area contributed by atoms with Crippen LogP contribution in [0, 0.1) is 11.3 Å². The number of nitrogens with zero attached hydrogens (tertiary/aromatic N) is 3. The second kappa shape index (κ2) is 14.6. The zero-order valence-corrected chi connectivity index (χ0v) is 20.7. The van der Waals surface area contributed by atoms with E-state index in [1.165, 1.54) is 36.8 Å². The highest BCUT2D eigenvalue weighted by Gasteiger charge is 2.06. The first-order valence-corrected chi connectivity index (χ1v) is 12.5. The molecule has 0 N–H and O–H groups in total. The molecule has 0 saturated heterocycles. The molecule has 4 rings (SSSR count). The van der Waals surface area contributed by atoms with Gasteiger partial charge in [0, 0.05) is 18.8 Å². The first-order chi connectivity index (χ1) is 17.2. The number of benzene rings is 3. The van der Waals surface area contributed by atoms with E-state index < -0.39 is 0 Å². The van der Waals surface area contributed by atoms with Crippen molar-refractivity contribution in [2.45, 2.75) is 57.8 Å². The van der Waals surface area contributed by atoms with Gasteiger partial charge >= 0.3 is 0 Å². The van der Waals surface area contributed by atoms with E-state index in [1.54, 1.807) is 6.20 Å². The van der Waals surface area contributed by atoms with Crippen molar-refractivity contribution in [2.24, 2.45) is 0 Å². The van der Waals surface area contributed by atoms with Gasteiger partial charge in [-0.2, -0.15) is 5.26 Å². The molecule has 3 aromatic carbocycles. The summed E-state index contributed by atoms with van der Waals surface area (Å²) in [5, 5.41) is 8.81. The summed E-state index contributed by atoms with van der Waals surface area (Å²) in [6.45, 7) is 2.61. The SMILES string of the molecule is CCCCCCc1cccc(Cc2nccn2CC#N)c1.[B]C(c1ccccc1)c1ccccc1. The summed E-state index contributed by atoms with van der Waals surface area (Å²) in [4.78, 5) is 4.36. The predicted octanol–water partition coefficient (Wildman–Crippen LogP) is 7.06. The summed E-state index contributed by atoms with van der Waals surface area (Å²) in [6, 6.07) is 31.2. The summed E-state index contributed by atoms with van der Waals surface area (Å²) in [5.74, 6) is 0.942. The molecule has 0 unspecified atom stereocenters. The van der Waals surface area contributed by atoms with Crippen LogP contribution in [0.3, 0.4) is 0 Å². The molecule has 0 fully saturated rings. The Morgan fingerprint density at radius 2 is 1.51 bits per heavy atom. The van der Waals surface area contributed by atoms with E-state index in [9.17, 15) is 0 Å². The molecule has 0 amide bonds. The topological polar surface area (TPSA) is 41.6 Å². The molecule has 176 valence electrons. The Kier molecular flexibility index (Phi) is 10.9. The maximum atomic E-state index is 8.81. The van der Waals surface area contributed by atoms with Crippen molar-refractivity contribution in [3.63, 3.8) is 0 Å². The molecule has 4 heteroatoms. The highest BCUT2D eigenvalue weighted by molar-refractivity contribution is 6.14. The van der Waals surface area contributed by atoms with Crippen LogP contribution in [0.2, 0.25) is 0 Å². The van der Waals surface area contributed by atoms with E-state index in [4.69, 9.17) is 13.1 Å². The van der Waals surface area contributed by atoms with Crippen molar-refractivity contribution < 1.29 is 0 Å². The number of hydrogen-bond acceptors (Lipinski definition) is 2. The minimum Gasteiger partial charge on any atom is -0.321 e. The molecule has 0 spiro atoms. The van der Waals surface area contributed by atoms with E-state index in [0.29, 0.717) is 6.54 Å². The summed E-state index contributed by atoms with van der Waals surface area (Å²) < 4.78 is 1.91. The Morgan fingerprint density at radius 3 is 2.14 bits per heavy atom. The van der Waals surface area contributed by atoms with Gasteiger partial charge < -0.3 is 4.57 Å². The van der Waals surface area contributed by atoms with Gasteiger partial charge in [-0.1, -0.05) is 111 Å². The van der Waals surface area contributed by atoms with Gasteiger partial charge in [0.05, 0.1) is 13.9 Å². The van der Waals surface area contributed by atoms with Crippen LogP contribution >= 0.6 is 0 Å². The third-order valence-electron chi connectivity index (χ3n) is 6.03. The smallest absolute Gasteiger partial charge is 0.113 e. The Morgan fingerprint density at radius 1 is 0.857 bits per heavy atom. The molecule has 1 heterocycles. The van der Waals surface area contributed by atoms with Gasteiger partial charge in [-0.25, -0.2) is 4.98 Å². The van der Waals surface area contributed by atoms with Gasteiger partial charge in [0.2, 0.25) is 0 Å². The van der Waals surface area contributed by atoms with Crippen LogP contribution < -0.4 is 0 Å². The summed E-state index contributed by atoms with van der Waals surface area (Å²) >= 11 is 0. The molecule has 0 saturated carbocycles. The summed E-state index contributed by atoms with van der Waals surface area (Å²) in [7, 11) is 6.12. The van der Waals surface area contributed by atoms with Crippen LogP contribution in [-0.4, -0.2) is 17.4 Å². The number of rotatable bonds is 10. The molecule has 0 atom stereocenters. The first-order valence-electron chi connectivity index (χ1n) is 12.5. The maximum absolute atomic E-state index is 8.81.